The highest BCUT2D eigenvalue weighted by atomic mass is 79.9. The Morgan fingerprint density at radius 3 is 2.85 bits per heavy atom. The molecule has 1 heterocycles. The van der Waals surface area contributed by atoms with Crippen LogP contribution >= 0.6 is 15.9 Å². The molecule has 6 heteroatoms. The van der Waals surface area contributed by atoms with Crippen molar-refractivity contribution in [2.45, 2.75) is 12.4 Å². The van der Waals surface area contributed by atoms with Gasteiger partial charge in [0.05, 0.1) is 17.2 Å². The second-order valence-electron chi connectivity index (χ2n) is 4.69. The molecule has 0 aliphatic carbocycles. The molecule has 0 unspecified atom stereocenters. The van der Waals surface area contributed by atoms with Gasteiger partial charge < -0.3 is 14.2 Å². The monoisotopic (exact) mass is 347 g/mol. The van der Waals surface area contributed by atoms with E-state index in [0.717, 1.165) is 18.7 Å². The van der Waals surface area contributed by atoms with Gasteiger partial charge in [0, 0.05) is 33.9 Å². The highest BCUT2D eigenvalue weighted by Crippen LogP contribution is 2.26. The standard InChI is InChI=1S/C14H19BrFNO3/c1-18-14(19-2)9-17-5-6-20-13(8-17)10-3-4-12(16)11(15)7-10/h3-4,7,13-14H,5-6,8-9H2,1-2H3/t13-/m1/s1. The van der Waals surface area contributed by atoms with Crippen LogP contribution in [-0.2, 0) is 14.2 Å². The van der Waals surface area contributed by atoms with Crippen LogP contribution in [0.3, 0.4) is 0 Å². The maximum Gasteiger partial charge on any atom is 0.169 e. The molecule has 1 aromatic carbocycles. The average molecular weight is 348 g/mol. The quantitative estimate of drug-likeness (QED) is 0.766. The van der Waals surface area contributed by atoms with Gasteiger partial charge in [-0.25, -0.2) is 4.39 Å². The molecule has 1 atom stereocenters. The molecule has 112 valence electrons. The molecule has 0 radical (unpaired) electrons. The fourth-order valence-electron chi connectivity index (χ4n) is 2.24. The van der Waals surface area contributed by atoms with Crippen molar-refractivity contribution in [3.63, 3.8) is 0 Å². The lowest BCUT2D eigenvalue weighted by Gasteiger charge is -2.34. The first-order valence-electron chi connectivity index (χ1n) is 6.48. The van der Waals surface area contributed by atoms with Gasteiger partial charge in [-0.1, -0.05) is 6.07 Å². The van der Waals surface area contributed by atoms with Gasteiger partial charge >= 0.3 is 0 Å². The lowest BCUT2D eigenvalue weighted by molar-refractivity contribution is -0.131. The summed E-state index contributed by atoms with van der Waals surface area (Å²) in [5, 5.41) is 0. The Labute approximate surface area is 126 Å². The van der Waals surface area contributed by atoms with Gasteiger partial charge in [0.2, 0.25) is 0 Å². The molecular formula is C14H19BrFNO3. The fourth-order valence-corrected chi connectivity index (χ4v) is 2.64. The Bertz CT molecular complexity index is 442. The molecule has 20 heavy (non-hydrogen) atoms. The number of rotatable bonds is 5. The predicted octanol–water partition coefficient (Wildman–Crippen LogP) is 2.58. The highest BCUT2D eigenvalue weighted by Gasteiger charge is 2.24. The van der Waals surface area contributed by atoms with E-state index in [1.165, 1.54) is 6.07 Å². The summed E-state index contributed by atoms with van der Waals surface area (Å²) < 4.78 is 29.9. The van der Waals surface area contributed by atoms with Crippen LogP contribution in [0.1, 0.15) is 11.7 Å². The largest absolute Gasteiger partial charge is 0.371 e. The zero-order chi connectivity index (χ0) is 14.5. The molecule has 0 bridgehead atoms. The molecule has 1 fully saturated rings. The van der Waals surface area contributed by atoms with Crippen LogP contribution < -0.4 is 0 Å². The zero-order valence-corrected chi connectivity index (χ0v) is 13.2. The molecule has 1 aromatic rings. The number of halogens is 2. The molecule has 0 aromatic heterocycles. The maximum absolute atomic E-state index is 13.3. The normalized spacial score (nSPS) is 20.6. The summed E-state index contributed by atoms with van der Waals surface area (Å²) in [4.78, 5) is 2.23. The zero-order valence-electron chi connectivity index (χ0n) is 11.6. The van der Waals surface area contributed by atoms with Crippen molar-refractivity contribution in [3.8, 4) is 0 Å². The van der Waals surface area contributed by atoms with Crippen molar-refractivity contribution in [2.24, 2.45) is 0 Å². The SMILES string of the molecule is COC(CN1CCO[C@@H](c2ccc(F)c(Br)c2)C1)OC. The molecule has 1 saturated heterocycles. The number of benzene rings is 1. The third kappa shape index (κ3) is 3.99. The minimum atomic E-state index is -0.264. The number of hydrogen-bond donors (Lipinski definition) is 0. The van der Waals surface area contributed by atoms with E-state index in [4.69, 9.17) is 14.2 Å². The Balaban J connectivity index is 2.00. The van der Waals surface area contributed by atoms with Crippen LogP contribution in [0.4, 0.5) is 4.39 Å². The summed E-state index contributed by atoms with van der Waals surface area (Å²) in [6.07, 6.45) is -0.302. The smallest absolute Gasteiger partial charge is 0.169 e. The van der Waals surface area contributed by atoms with E-state index >= 15 is 0 Å². The third-order valence-corrected chi connectivity index (χ3v) is 4.01. The molecular weight excluding hydrogens is 329 g/mol. The van der Waals surface area contributed by atoms with E-state index < -0.39 is 0 Å². The summed E-state index contributed by atoms with van der Waals surface area (Å²) in [7, 11) is 3.26. The molecule has 1 aliphatic rings. The predicted molar refractivity (Wildman–Crippen MR) is 77.0 cm³/mol. The van der Waals surface area contributed by atoms with Gasteiger partial charge in [-0.2, -0.15) is 0 Å². The summed E-state index contributed by atoms with van der Waals surface area (Å²) in [5.41, 5.74) is 0.967. The molecule has 0 amide bonds. The third-order valence-electron chi connectivity index (χ3n) is 3.40. The summed E-state index contributed by atoms with van der Waals surface area (Å²) in [6.45, 7) is 2.90. The van der Waals surface area contributed by atoms with Gasteiger partial charge in [0.25, 0.3) is 0 Å². The number of methoxy groups -OCH3 is 2. The summed E-state index contributed by atoms with van der Waals surface area (Å²) in [5.74, 6) is -0.264. The summed E-state index contributed by atoms with van der Waals surface area (Å²) >= 11 is 3.21. The van der Waals surface area contributed by atoms with Crippen LogP contribution in [-0.4, -0.2) is 51.7 Å². The Hall–Kier alpha value is -0.530. The van der Waals surface area contributed by atoms with Crippen molar-refractivity contribution < 1.29 is 18.6 Å². The first-order chi connectivity index (χ1) is 9.63. The van der Waals surface area contributed by atoms with Crippen LogP contribution in [0, 0.1) is 5.82 Å². The second kappa shape index (κ2) is 7.47. The van der Waals surface area contributed by atoms with Crippen molar-refractivity contribution in [2.75, 3.05) is 40.5 Å². The Morgan fingerprint density at radius 1 is 1.45 bits per heavy atom. The molecule has 2 rings (SSSR count). The van der Waals surface area contributed by atoms with Crippen molar-refractivity contribution in [1.82, 2.24) is 4.90 Å². The van der Waals surface area contributed by atoms with Crippen LogP contribution in [0.15, 0.2) is 22.7 Å². The minimum Gasteiger partial charge on any atom is -0.371 e. The molecule has 4 nitrogen and oxygen atoms in total. The Morgan fingerprint density at radius 2 is 2.20 bits per heavy atom. The lowest BCUT2D eigenvalue weighted by Crippen LogP contribution is -2.43. The van der Waals surface area contributed by atoms with Gasteiger partial charge in [-0.15, -0.1) is 0 Å². The van der Waals surface area contributed by atoms with E-state index in [1.54, 1.807) is 26.4 Å². The minimum absolute atomic E-state index is 0.0602. The number of hydrogen-bond acceptors (Lipinski definition) is 4. The number of ether oxygens (including phenoxy) is 3. The highest BCUT2D eigenvalue weighted by molar-refractivity contribution is 9.10. The van der Waals surface area contributed by atoms with Gasteiger partial charge in [-0.05, 0) is 33.6 Å². The van der Waals surface area contributed by atoms with Gasteiger partial charge in [0.1, 0.15) is 5.82 Å². The van der Waals surface area contributed by atoms with Crippen LogP contribution in [0.5, 0.6) is 0 Å². The number of morpholine rings is 1. The van der Waals surface area contributed by atoms with E-state index in [0.29, 0.717) is 17.6 Å². The van der Waals surface area contributed by atoms with E-state index in [9.17, 15) is 4.39 Å². The number of nitrogens with zero attached hydrogens (tertiary/aromatic N) is 1. The summed E-state index contributed by atoms with van der Waals surface area (Å²) in [6, 6.07) is 4.99. The lowest BCUT2D eigenvalue weighted by atomic mass is 10.1. The first-order valence-corrected chi connectivity index (χ1v) is 7.28. The van der Waals surface area contributed by atoms with Gasteiger partial charge in [0.15, 0.2) is 6.29 Å². The Kier molecular flexibility index (Phi) is 5.92. The first kappa shape index (κ1) is 15.9. The average Bonchev–Trinajstić information content (AvgIpc) is 2.48. The molecule has 0 saturated carbocycles. The second-order valence-corrected chi connectivity index (χ2v) is 5.55. The van der Waals surface area contributed by atoms with E-state index in [2.05, 4.69) is 20.8 Å². The van der Waals surface area contributed by atoms with E-state index in [-0.39, 0.29) is 18.2 Å². The van der Waals surface area contributed by atoms with Crippen LogP contribution in [0.2, 0.25) is 0 Å². The van der Waals surface area contributed by atoms with Gasteiger partial charge in [-0.3, -0.25) is 4.90 Å². The fraction of sp³-hybridized carbons (Fsp3) is 0.571. The van der Waals surface area contributed by atoms with Crippen LogP contribution in [0.25, 0.3) is 0 Å². The topological polar surface area (TPSA) is 30.9 Å². The maximum atomic E-state index is 13.3. The molecule has 0 N–H and O–H groups in total. The van der Waals surface area contributed by atoms with Crippen molar-refractivity contribution >= 4 is 15.9 Å². The van der Waals surface area contributed by atoms with Crippen molar-refractivity contribution in [3.05, 3.63) is 34.1 Å². The molecule has 1 aliphatic heterocycles. The van der Waals surface area contributed by atoms with E-state index in [1.807, 2.05) is 0 Å². The van der Waals surface area contributed by atoms with Crippen molar-refractivity contribution in [1.29, 1.82) is 0 Å². The molecule has 0 spiro atoms.